The highest BCUT2D eigenvalue weighted by atomic mass is 16.2. The van der Waals surface area contributed by atoms with E-state index in [1.807, 2.05) is 17.0 Å². The summed E-state index contributed by atoms with van der Waals surface area (Å²) in [5.74, 6) is 0.487. The Kier molecular flexibility index (Phi) is 5.45. The van der Waals surface area contributed by atoms with E-state index in [1.54, 1.807) is 0 Å². The molecule has 1 aliphatic heterocycles. The number of rotatable bonds is 5. The van der Waals surface area contributed by atoms with Gasteiger partial charge in [0, 0.05) is 19.0 Å². The summed E-state index contributed by atoms with van der Waals surface area (Å²) in [5, 5.41) is 3.42. The first kappa shape index (κ1) is 14.9. The fraction of sp³-hybridized carbons (Fsp3) is 0.588. The summed E-state index contributed by atoms with van der Waals surface area (Å²) in [6.07, 6.45) is 5.15. The van der Waals surface area contributed by atoms with E-state index >= 15 is 0 Å². The molecular formula is C17H26N2O. The van der Waals surface area contributed by atoms with Crippen LogP contribution in [0.1, 0.15) is 46.0 Å². The molecule has 1 amide bonds. The molecule has 0 aromatic heterocycles. The van der Waals surface area contributed by atoms with Gasteiger partial charge in [0.1, 0.15) is 0 Å². The third-order valence-corrected chi connectivity index (χ3v) is 3.96. The number of anilines is 2. The van der Waals surface area contributed by atoms with Crippen molar-refractivity contribution in [2.75, 3.05) is 23.3 Å². The highest BCUT2D eigenvalue weighted by Gasteiger charge is 2.26. The Bertz CT molecular complexity index is 438. The van der Waals surface area contributed by atoms with E-state index in [2.05, 4.69) is 31.3 Å². The largest absolute Gasteiger partial charge is 0.383 e. The molecule has 0 unspecified atom stereocenters. The number of fused-ring (bicyclic) bond motifs is 1. The Morgan fingerprint density at radius 3 is 2.65 bits per heavy atom. The smallest absolute Gasteiger partial charge is 0.230 e. The van der Waals surface area contributed by atoms with Crippen LogP contribution in [0.2, 0.25) is 0 Å². The summed E-state index contributed by atoms with van der Waals surface area (Å²) in [5.41, 5.74) is 2.14. The van der Waals surface area contributed by atoms with Gasteiger partial charge in [0.2, 0.25) is 5.91 Å². The van der Waals surface area contributed by atoms with Gasteiger partial charge in [-0.3, -0.25) is 4.79 Å². The molecule has 0 fully saturated rings. The highest BCUT2D eigenvalue weighted by molar-refractivity contribution is 5.98. The number of hydrogen-bond donors (Lipinski definition) is 1. The van der Waals surface area contributed by atoms with Gasteiger partial charge in [0.25, 0.3) is 0 Å². The Morgan fingerprint density at radius 2 is 1.95 bits per heavy atom. The summed E-state index contributed by atoms with van der Waals surface area (Å²) in [4.78, 5) is 14.9. The molecule has 1 heterocycles. The zero-order valence-electron chi connectivity index (χ0n) is 12.7. The molecular weight excluding hydrogens is 248 g/mol. The van der Waals surface area contributed by atoms with Gasteiger partial charge < -0.3 is 10.2 Å². The molecule has 0 spiro atoms. The fourth-order valence-corrected chi connectivity index (χ4v) is 2.98. The normalized spacial score (nSPS) is 14.7. The van der Waals surface area contributed by atoms with Crippen molar-refractivity contribution >= 4 is 17.3 Å². The maximum Gasteiger partial charge on any atom is 0.230 e. The van der Waals surface area contributed by atoms with E-state index in [0.29, 0.717) is 5.91 Å². The Labute approximate surface area is 122 Å². The Balaban J connectivity index is 2.23. The summed E-state index contributed by atoms with van der Waals surface area (Å²) < 4.78 is 0. The van der Waals surface area contributed by atoms with Crippen molar-refractivity contribution in [2.45, 2.75) is 46.0 Å². The lowest BCUT2D eigenvalue weighted by Gasteiger charge is -2.27. The first-order valence-electron chi connectivity index (χ1n) is 7.92. The molecule has 110 valence electrons. The number of benzene rings is 1. The van der Waals surface area contributed by atoms with Gasteiger partial charge in [-0.2, -0.15) is 0 Å². The minimum atomic E-state index is 0.177. The second-order valence-electron chi connectivity index (χ2n) is 5.56. The molecule has 1 N–H and O–H groups in total. The summed E-state index contributed by atoms with van der Waals surface area (Å²) in [7, 11) is 0. The van der Waals surface area contributed by atoms with Crippen molar-refractivity contribution in [3.05, 3.63) is 24.3 Å². The topological polar surface area (TPSA) is 32.3 Å². The van der Waals surface area contributed by atoms with Crippen molar-refractivity contribution in [1.29, 1.82) is 0 Å². The van der Waals surface area contributed by atoms with Crippen LogP contribution in [0.3, 0.4) is 0 Å². The second-order valence-corrected chi connectivity index (χ2v) is 5.56. The SMILES string of the molecule is CCCC(CCC)C(=O)N1CCCNc2ccccc21. The van der Waals surface area contributed by atoms with Crippen LogP contribution in [0.25, 0.3) is 0 Å². The molecule has 20 heavy (non-hydrogen) atoms. The number of hydrogen-bond acceptors (Lipinski definition) is 2. The summed E-state index contributed by atoms with van der Waals surface area (Å²) >= 11 is 0. The van der Waals surface area contributed by atoms with Gasteiger partial charge in [-0.05, 0) is 31.4 Å². The van der Waals surface area contributed by atoms with Crippen LogP contribution in [0.15, 0.2) is 24.3 Å². The molecule has 0 saturated heterocycles. The molecule has 0 bridgehead atoms. The third-order valence-electron chi connectivity index (χ3n) is 3.96. The predicted molar refractivity (Wildman–Crippen MR) is 85.2 cm³/mol. The van der Waals surface area contributed by atoms with Crippen molar-refractivity contribution in [2.24, 2.45) is 5.92 Å². The highest BCUT2D eigenvalue weighted by Crippen LogP contribution is 2.30. The van der Waals surface area contributed by atoms with E-state index in [9.17, 15) is 4.79 Å². The van der Waals surface area contributed by atoms with Crippen LogP contribution in [0.4, 0.5) is 11.4 Å². The number of nitrogens with one attached hydrogen (secondary N) is 1. The van der Waals surface area contributed by atoms with Crippen LogP contribution in [0.5, 0.6) is 0 Å². The lowest BCUT2D eigenvalue weighted by molar-refractivity contribution is -0.122. The van der Waals surface area contributed by atoms with Gasteiger partial charge in [-0.25, -0.2) is 0 Å². The number of nitrogens with zero attached hydrogens (tertiary/aromatic N) is 1. The standard InChI is InChI=1S/C17H26N2O/c1-3-8-14(9-4-2)17(20)19-13-7-12-18-15-10-5-6-11-16(15)19/h5-6,10-11,14,18H,3-4,7-9,12-13H2,1-2H3. The van der Waals surface area contributed by atoms with E-state index in [4.69, 9.17) is 0 Å². The number of carbonyl (C=O) groups excluding carboxylic acids is 1. The molecule has 1 aromatic carbocycles. The molecule has 2 rings (SSSR count). The van der Waals surface area contributed by atoms with Crippen LogP contribution >= 0.6 is 0 Å². The van der Waals surface area contributed by atoms with Crippen molar-refractivity contribution in [1.82, 2.24) is 0 Å². The van der Waals surface area contributed by atoms with E-state index in [-0.39, 0.29) is 5.92 Å². The van der Waals surface area contributed by atoms with Crippen molar-refractivity contribution in [3.8, 4) is 0 Å². The van der Waals surface area contributed by atoms with E-state index < -0.39 is 0 Å². The predicted octanol–water partition coefficient (Wildman–Crippen LogP) is 4.05. The van der Waals surface area contributed by atoms with Crippen LogP contribution < -0.4 is 10.2 Å². The van der Waals surface area contributed by atoms with Gasteiger partial charge >= 0.3 is 0 Å². The van der Waals surface area contributed by atoms with Gasteiger partial charge in [-0.1, -0.05) is 38.8 Å². The first-order chi connectivity index (χ1) is 9.77. The van der Waals surface area contributed by atoms with Gasteiger partial charge in [0.05, 0.1) is 11.4 Å². The summed E-state index contributed by atoms with van der Waals surface area (Å²) in [6, 6.07) is 8.16. The third kappa shape index (κ3) is 3.33. The molecule has 3 nitrogen and oxygen atoms in total. The van der Waals surface area contributed by atoms with Crippen LogP contribution in [0, 0.1) is 5.92 Å². The molecule has 1 aromatic rings. The maximum absolute atomic E-state index is 12.9. The molecule has 0 atom stereocenters. The molecule has 0 radical (unpaired) electrons. The molecule has 0 aliphatic carbocycles. The Morgan fingerprint density at radius 1 is 1.25 bits per heavy atom. The first-order valence-corrected chi connectivity index (χ1v) is 7.92. The minimum absolute atomic E-state index is 0.177. The maximum atomic E-state index is 12.9. The average molecular weight is 274 g/mol. The minimum Gasteiger partial charge on any atom is -0.383 e. The molecule has 0 saturated carbocycles. The number of carbonyl (C=O) groups is 1. The quantitative estimate of drug-likeness (QED) is 0.878. The second kappa shape index (κ2) is 7.32. The molecule has 1 aliphatic rings. The van der Waals surface area contributed by atoms with Gasteiger partial charge in [-0.15, -0.1) is 0 Å². The summed E-state index contributed by atoms with van der Waals surface area (Å²) in [6.45, 7) is 6.08. The van der Waals surface area contributed by atoms with Crippen molar-refractivity contribution < 1.29 is 4.79 Å². The van der Waals surface area contributed by atoms with E-state index in [0.717, 1.165) is 56.6 Å². The van der Waals surface area contributed by atoms with E-state index in [1.165, 1.54) is 0 Å². The zero-order chi connectivity index (χ0) is 14.4. The monoisotopic (exact) mass is 274 g/mol. The fourth-order valence-electron chi connectivity index (χ4n) is 2.98. The molecule has 3 heteroatoms. The van der Waals surface area contributed by atoms with Crippen LogP contribution in [-0.2, 0) is 4.79 Å². The Hall–Kier alpha value is -1.51. The zero-order valence-corrected chi connectivity index (χ0v) is 12.7. The number of para-hydroxylation sites is 2. The van der Waals surface area contributed by atoms with Crippen molar-refractivity contribution in [3.63, 3.8) is 0 Å². The lowest BCUT2D eigenvalue weighted by Crippen LogP contribution is -2.36. The van der Waals surface area contributed by atoms with Crippen LogP contribution in [-0.4, -0.2) is 19.0 Å². The average Bonchev–Trinajstić information content (AvgIpc) is 2.68. The number of amides is 1. The lowest BCUT2D eigenvalue weighted by atomic mass is 9.96. The van der Waals surface area contributed by atoms with Gasteiger partial charge in [0.15, 0.2) is 0 Å².